The van der Waals surface area contributed by atoms with Gasteiger partial charge in [-0.1, -0.05) is 0 Å². The number of methoxy groups -OCH3 is 2. The van der Waals surface area contributed by atoms with E-state index in [4.69, 9.17) is 15.2 Å². The molecule has 2 heterocycles. The molecule has 1 atom stereocenters. The van der Waals surface area contributed by atoms with Crippen molar-refractivity contribution in [2.24, 2.45) is 12.8 Å². The van der Waals surface area contributed by atoms with Gasteiger partial charge in [0, 0.05) is 25.4 Å². The molecule has 0 saturated heterocycles. The van der Waals surface area contributed by atoms with E-state index in [1.54, 1.807) is 42.0 Å². The number of carbonyl (C=O) groups excluding carboxylic acids is 1. The van der Waals surface area contributed by atoms with Gasteiger partial charge in [-0.3, -0.25) is 9.48 Å². The third-order valence-corrected chi connectivity index (χ3v) is 4.02. The van der Waals surface area contributed by atoms with Crippen molar-refractivity contribution in [3.63, 3.8) is 0 Å². The van der Waals surface area contributed by atoms with Gasteiger partial charge in [0.25, 0.3) is 5.91 Å². The van der Waals surface area contributed by atoms with Crippen molar-refractivity contribution < 1.29 is 14.3 Å². The Balaban J connectivity index is 1.96. The second kappa shape index (κ2) is 5.92. The van der Waals surface area contributed by atoms with Gasteiger partial charge in [0.15, 0.2) is 11.5 Å². The van der Waals surface area contributed by atoms with E-state index in [0.717, 1.165) is 11.4 Å². The van der Waals surface area contributed by atoms with E-state index >= 15 is 0 Å². The molecule has 23 heavy (non-hydrogen) atoms. The third-order valence-electron chi connectivity index (χ3n) is 4.02. The van der Waals surface area contributed by atoms with Crippen LogP contribution in [0.25, 0.3) is 0 Å². The van der Waals surface area contributed by atoms with Crippen LogP contribution < -0.4 is 20.1 Å². The Bertz CT molecular complexity index is 741. The number of ether oxygens (including phenoxy) is 2. The van der Waals surface area contributed by atoms with Gasteiger partial charge in [-0.2, -0.15) is 5.10 Å². The number of fused-ring (bicyclic) bond motifs is 1. The molecular formula is C16H20N4O3. The predicted molar refractivity (Wildman–Crippen MR) is 86.0 cm³/mol. The van der Waals surface area contributed by atoms with Crippen LogP contribution in [0.5, 0.6) is 11.5 Å². The lowest BCUT2D eigenvalue weighted by Crippen LogP contribution is -2.38. The zero-order valence-corrected chi connectivity index (χ0v) is 13.4. The molecule has 7 nitrogen and oxygen atoms in total. The van der Waals surface area contributed by atoms with Crippen LogP contribution in [0.3, 0.4) is 0 Å². The Labute approximate surface area is 134 Å². The number of nitrogens with zero attached hydrogens (tertiary/aromatic N) is 3. The molecule has 0 radical (unpaired) electrons. The van der Waals surface area contributed by atoms with Crippen LogP contribution in [0, 0.1) is 0 Å². The molecule has 0 saturated carbocycles. The first-order chi connectivity index (χ1) is 11.0. The van der Waals surface area contributed by atoms with Crippen molar-refractivity contribution >= 4 is 11.6 Å². The maximum Gasteiger partial charge on any atom is 0.258 e. The van der Waals surface area contributed by atoms with E-state index in [9.17, 15) is 4.79 Å². The zero-order valence-electron chi connectivity index (χ0n) is 13.4. The van der Waals surface area contributed by atoms with Gasteiger partial charge in [0.2, 0.25) is 0 Å². The minimum Gasteiger partial charge on any atom is -0.493 e. The second-order valence-corrected chi connectivity index (χ2v) is 5.49. The highest BCUT2D eigenvalue weighted by Crippen LogP contribution is 2.33. The number of hydrogen-bond acceptors (Lipinski definition) is 5. The zero-order chi connectivity index (χ0) is 16.6. The number of aromatic nitrogens is 2. The first-order valence-electron chi connectivity index (χ1n) is 7.38. The fourth-order valence-corrected chi connectivity index (χ4v) is 2.83. The van der Waals surface area contributed by atoms with Crippen LogP contribution in [0.4, 0.5) is 5.69 Å². The Hall–Kier alpha value is -2.54. The van der Waals surface area contributed by atoms with Crippen molar-refractivity contribution in [1.29, 1.82) is 0 Å². The van der Waals surface area contributed by atoms with Crippen molar-refractivity contribution in [3.05, 3.63) is 35.7 Å². The van der Waals surface area contributed by atoms with Crippen LogP contribution in [0.1, 0.15) is 28.5 Å². The topological polar surface area (TPSA) is 82.6 Å². The number of anilines is 1. The first-order valence-corrected chi connectivity index (χ1v) is 7.38. The maximum atomic E-state index is 12.9. The number of rotatable bonds is 3. The van der Waals surface area contributed by atoms with E-state index in [1.165, 1.54) is 0 Å². The van der Waals surface area contributed by atoms with Gasteiger partial charge >= 0.3 is 0 Å². The van der Waals surface area contributed by atoms with Crippen LogP contribution in [-0.4, -0.2) is 36.5 Å². The lowest BCUT2D eigenvalue weighted by Gasteiger charge is -2.29. The summed E-state index contributed by atoms with van der Waals surface area (Å²) in [4.78, 5) is 14.6. The molecule has 1 aliphatic rings. The first kappa shape index (κ1) is 15.4. The normalized spacial score (nSPS) is 16.9. The van der Waals surface area contributed by atoms with Gasteiger partial charge in [-0.25, -0.2) is 0 Å². The molecule has 1 aromatic carbocycles. The molecule has 3 rings (SSSR count). The molecular weight excluding hydrogens is 296 g/mol. The molecule has 122 valence electrons. The van der Waals surface area contributed by atoms with E-state index in [1.807, 2.05) is 13.2 Å². The summed E-state index contributed by atoms with van der Waals surface area (Å²) >= 11 is 0. The minimum absolute atomic E-state index is 0.105. The van der Waals surface area contributed by atoms with Crippen LogP contribution in [0.2, 0.25) is 0 Å². The van der Waals surface area contributed by atoms with Crippen LogP contribution in [0.15, 0.2) is 24.4 Å². The molecule has 2 aromatic rings. The number of benzene rings is 1. The summed E-state index contributed by atoms with van der Waals surface area (Å²) in [7, 11) is 4.93. The van der Waals surface area contributed by atoms with Crippen molar-refractivity contribution in [2.45, 2.75) is 12.5 Å². The summed E-state index contributed by atoms with van der Waals surface area (Å²) in [5.74, 6) is 1.01. The van der Waals surface area contributed by atoms with Gasteiger partial charge in [-0.05, 0) is 24.6 Å². The van der Waals surface area contributed by atoms with Gasteiger partial charge in [0.05, 0.1) is 25.9 Å². The fourth-order valence-electron chi connectivity index (χ4n) is 2.83. The van der Waals surface area contributed by atoms with Crippen molar-refractivity contribution in [3.8, 4) is 11.5 Å². The lowest BCUT2D eigenvalue weighted by atomic mass is 10.0. The largest absolute Gasteiger partial charge is 0.493 e. The number of aryl methyl sites for hydroxylation is 1. The van der Waals surface area contributed by atoms with Crippen molar-refractivity contribution in [2.75, 3.05) is 25.7 Å². The van der Waals surface area contributed by atoms with E-state index in [-0.39, 0.29) is 11.9 Å². The van der Waals surface area contributed by atoms with Crippen LogP contribution >= 0.6 is 0 Å². The monoisotopic (exact) mass is 316 g/mol. The van der Waals surface area contributed by atoms with E-state index in [2.05, 4.69) is 5.10 Å². The summed E-state index contributed by atoms with van der Waals surface area (Å²) < 4.78 is 12.2. The summed E-state index contributed by atoms with van der Waals surface area (Å²) in [5.41, 5.74) is 8.16. The summed E-state index contributed by atoms with van der Waals surface area (Å²) in [6.45, 7) is 0.563. The standard InChI is InChI=1S/C16H20N4O3/c1-19-9-12-15(18-19)11(17)6-7-20(12)16(21)10-4-5-13(22-2)14(8-10)23-3/h4-5,8-9,11H,6-7,17H2,1-3H3. The molecule has 1 aromatic heterocycles. The highest BCUT2D eigenvalue weighted by atomic mass is 16.5. The highest BCUT2D eigenvalue weighted by molar-refractivity contribution is 6.07. The minimum atomic E-state index is -0.138. The smallest absolute Gasteiger partial charge is 0.258 e. The Morgan fingerprint density at radius 1 is 1.30 bits per heavy atom. The predicted octanol–water partition coefficient (Wildman–Crippen LogP) is 1.49. The molecule has 0 bridgehead atoms. The van der Waals surface area contributed by atoms with Crippen molar-refractivity contribution in [1.82, 2.24) is 9.78 Å². The molecule has 7 heteroatoms. The molecule has 0 aliphatic carbocycles. The van der Waals surface area contributed by atoms with Gasteiger partial charge in [-0.15, -0.1) is 0 Å². The number of amides is 1. The number of nitrogens with two attached hydrogens (primary N) is 1. The average Bonchev–Trinajstić information content (AvgIpc) is 2.96. The molecule has 0 fully saturated rings. The highest BCUT2D eigenvalue weighted by Gasteiger charge is 2.30. The average molecular weight is 316 g/mol. The number of carbonyl (C=O) groups is 1. The summed E-state index contributed by atoms with van der Waals surface area (Å²) in [5, 5.41) is 4.37. The summed E-state index contributed by atoms with van der Waals surface area (Å²) in [6, 6.07) is 5.01. The Morgan fingerprint density at radius 2 is 2.04 bits per heavy atom. The van der Waals surface area contributed by atoms with Gasteiger partial charge in [0.1, 0.15) is 5.69 Å². The van der Waals surface area contributed by atoms with Crippen LogP contribution in [-0.2, 0) is 7.05 Å². The Morgan fingerprint density at radius 3 is 2.74 bits per heavy atom. The molecule has 1 aliphatic heterocycles. The molecule has 1 amide bonds. The SMILES string of the molecule is COc1ccc(C(=O)N2CCC(N)c3nn(C)cc32)cc1OC. The maximum absolute atomic E-state index is 12.9. The molecule has 1 unspecified atom stereocenters. The molecule has 0 spiro atoms. The van der Waals surface area contributed by atoms with E-state index < -0.39 is 0 Å². The van der Waals surface area contributed by atoms with E-state index in [0.29, 0.717) is 30.0 Å². The molecule has 2 N–H and O–H groups in total. The number of hydrogen-bond donors (Lipinski definition) is 1. The lowest BCUT2D eigenvalue weighted by molar-refractivity contribution is 0.0984. The summed E-state index contributed by atoms with van der Waals surface area (Å²) in [6.07, 6.45) is 2.51. The fraction of sp³-hybridized carbons (Fsp3) is 0.375. The Kier molecular flexibility index (Phi) is 3.96. The third kappa shape index (κ3) is 2.63. The second-order valence-electron chi connectivity index (χ2n) is 5.49. The quantitative estimate of drug-likeness (QED) is 0.927. The van der Waals surface area contributed by atoms with Gasteiger partial charge < -0.3 is 20.1 Å².